The maximum atomic E-state index is 13.1. The van der Waals surface area contributed by atoms with Gasteiger partial charge in [0, 0.05) is 6.20 Å². The number of esters is 1. The summed E-state index contributed by atoms with van der Waals surface area (Å²) in [5, 5.41) is 3.32. The molecule has 3 heterocycles. The molecular weight excluding hydrogens is 426 g/mol. The van der Waals surface area contributed by atoms with E-state index in [9.17, 15) is 14.4 Å². The third-order valence-electron chi connectivity index (χ3n) is 5.22. The highest BCUT2D eigenvalue weighted by Crippen LogP contribution is 2.25. The number of ether oxygens (including phenoxy) is 1. The molecule has 7 nitrogen and oxygen atoms in total. The Bertz CT molecular complexity index is 1370. The van der Waals surface area contributed by atoms with Gasteiger partial charge in [-0.25, -0.2) is 4.98 Å². The molecule has 1 atom stereocenters. The number of hydrogen-bond acceptors (Lipinski definition) is 6. The number of amides is 1. The van der Waals surface area contributed by atoms with Gasteiger partial charge in [-0.1, -0.05) is 35.9 Å². The molecule has 0 spiro atoms. The Balaban J connectivity index is 1.68. The Hall–Kier alpha value is -3.52. The number of aryl methyl sites for hydroxylation is 2. The van der Waals surface area contributed by atoms with Gasteiger partial charge in [-0.2, -0.15) is 0 Å². The molecule has 3 aromatic heterocycles. The number of nitrogens with one attached hydrogen (secondary N) is 1. The third-order valence-corrected chi connectivity index (χ3v) is 6.24. The first-order valence-corrected chi connectivity index (χ1v) is 11.1. The molecule has 0 radical (unpaired) electrons. The summed E-state index contributed by atoms with van der Waals surface area (Å²) in [6, 6.07) is 12.3. The Morgan fingerprint density at radius 1 is 1.19 bits per heavy atom. The van der Waals surface area contributed by atoms with E-state index in [-0.39, 0.29) is 24.5 Å². The standard InChI is InChI=1S/C24H23N3O4S/c1-4-31-20(28)13-18(16-9-7-14(2)8-10-16)25-22(29)19-12-17-23(32-19)26-21-15(3)6-5-11-27(21)24(17)30/h5-12,18H,4,13H2,1-3H3,(H,25,29)/t18-/m0/s1. The Kier molecular flexibility index (Phi) is 6.05. The van der Waals surface area contributed by atoms with Crippen molar-refractivity contribution in [2.24, 2.45) is 0 Å². The van der Waals surface area contributed by atoms with Crippen LogP contribution >= 0.6 is 11.3 Å². The van der Waals surface area contributed by atoms with E-state index in [1.165, 1.54) is 4.40 Å². The summed E-state index contributed by atoms with van der Waals surface area (Å²) in [7, 11) is 0. The van der Waals surface area contributed by atoms with Gasteiger partial charge in [0.15, 0.2) is 0 Å². The first-order chi connectivity index (χ1) is 15.4. The lowest BCUT2D eigenvalue weighted by molar-refractivity contribution is -0.143. The van der Waals surface area contributed by atoms with Gasteiger partial charge in [-0.05, 0) is 44.0 Å². The zero-order valence-electron chi connectivity index (χ0n) is 18.0. The highest BCUT2D eigenvalue weighted by atomic mass is 32.1. The first-order valence-electron chi connectivity index (χ1n) is 10.3. The topological polar surface area (TPSA) is 89.8 Å². The summed E-state index contributed by atoms with van der Waals surface area (Å²) in [5.74, 6) is -0.760. The van der Waals surface area contributed by atoms with Crippen LogP contribution in [0.2, 0.25) is 0 Å². The van der Waals surface area contributed by atoms with Crippen LogP contribution in [0.5, 0.6) is 0 Å². The molecule has 32 heavy (non-hydrogen) atoms. The first kappa shape index (κ1) is 21.7. The number of fused-ring (bicyclic) bond motifs is 2. The average Bonchev–Trinajstić information content (AvgIpc) is 3.20. The van der Waals surface area contributed by atoms with Crippen LogP contribution in [0.15, 0.2) is 53.5 Å². The molecule has 0 fully saturated rings. The van der Waals surface area contributed by atoms with Crippen molar-refractivity contribution in [1.29, 1.82) is 0 Å². The number of nitrogens with zero attached hydrogens (tertiary/aromatic N) is 2. The Morgan fingerprint density at radius 2 is 1.94 bits per heavy atom. The van der Waals surface area contributed by atoms with Crippen LogP contribution < -0.4 is 10.9 Å². The zero-order valence-corrected chi connectivity index (χ0v) is 18.9. The van der Waals surface area contributed by atoms with Gasteiger partial charge >= 0.3 is 5.97 Å². The number of thiophene rings is 1. The van der Waals surface area contributed by atoms with Crippen LogP contribution in [0.25, 0.3) is 15.9 Å². The van der Waals surface area contributed by atoms with Crippen LogP contribution in [-0.4, -0.2) is 27.9 Å². The lowest BCUT2D eigenvalue weighted by Gasteiger charge is -2.18. The van der Waals surface area contributed by atoms with Crippen molar-refractivity contribution in [2.45, 2.75) is 33.2 Å². The second-order valence-electron chi connectivity index (χ2n) is 7.58. The number of carbonyl (C=O) groups excluding carboxylic acids is 2. The number of pyridine rings is 1. The van der Waals surface area contributed by atoms with Crippen molar-refractivity contribution in [3.8, 4) is 0 Å². The van der Waals surface area contributed by atoms with E-state index < -0.39 is 12.0 Å². The molecule has 0 unspecified atom stereocenters. The summed E-state index contributed by atoms with van der Waals surface area (Å²) >= 11 is 1.16. The van der Waals surface area contributed by atoms with E-state index in [0.717, 1.165) is 28.0 Å². The van der Waals surface area contributed by atoms with Crippen LogP contribution in [0.3, 0.4) is 0 Å². The van der Waals surface area contributed by atoms with Crippen molar-refractivity contribution >= 4 is 39.1 Å². The lowest BCUT2D eigenvalue weighted by atomic mass is 10.0. The summed E-state index contributed by atoms with van der Waals surface area (Å²) in [5.41, 5.74) is 3.11. The van der Waals surface area contributed by atoms with E-state index in [1.54, 1.807) is 25.3 Å². The minimum absolute atomic E-state index is 0.0114. The number of benzene rings is 1. The maximum absolute atomic E-state index is 13.1. The summed E-state index contributed by atoms with van der Waals surface area (Å²) in [6.45, 7) is 5.87. The Morgan fingerprint density at radius 3 is 2.66 bits per heavy atom. The van der Waals surface area contributed by atoms with Crippen LogP contribution in [0.4, 0.5) is 0 Å². The second kappa shape index (κ2) is 8.92. The predicted molar refractivity (Wildman–Crippen MR) is 124 cm³/mol. The molecule has 0 aliphatic rings. The smallest absolute Gasteiger partial charge is 0.308 e. The molecule has 0 aliphatic carbocycles. The van der Waals surface area contributed by atoms with Gasteiger partial charge in [0.25, 0.3) is 11.5 Å². The third kappa shape index (κ3) is 4.27. The van der Waals surface area contributed by atoms with Crippen LogP contribution in [-0.2, 0) is 9.53 Å². The molecule has 1 N–H and O–H groups in total. The summed E-state index contributed by atoms with van der Waals surface area (Å²) < 4.78 is 6.57. The van der Waals surface area contributed by atoms with Crippen molar-refractivity contribution in [3.05, 3.63) is 80.6 Å². The fourth-order valence-corrected chi connectivity index (χ4v) is 4.46. The largest absolute Gasteiger partial charge is 0.466 e. The predicted octanol–water partition coefficient (Wildman–Crippen LogP) is 3.95. The van der Waals surface area contributed by atoms with Gasteiger partial charge < -0.3 is 10.1 Å². The fraction of sp³-hybridized carbons (Fsp3) is 0.250. The highest BCUT2D eigenvalue weighted by Gasteiger charge is 2.22. The molecule has 1 aromatic carbocycles. The van der Waals surface area contributed by atoms with Crippen LogP contribution in [0, 0.1) is 13.8 Å². The minimum Gasteiger partial charge on any atom is -0.466 e. The number of hydrogen-bond donors (Lipinski definition) is 1. The highest BCUT2D eigenvalue weighted by molar-refractivity contribution is 7.20. The number of aromatic nitrogens is 2. The van der Waals surface area contributed by atoms with Crippen molar-refractivity contribution in [1.82, 2.24) is 14.7 Å². The van der Waals surface area contributed by atoms with Crippen LogP contribution in [0.1, 0.15) is 45.7 Å². The van der Waals surface area contributed by atoms with Gasteiger partial charge in [-0.3, -0.25) is 18.8 Å². The summed E-state index contributed by atoms with van der Waals surface area (Å²) in [6.07, 6.45) is 1.68. The van der Waals surface area contributed by atoms with E-state index in [4.69, 9.17) is 4.74 Å². The normalized spacial score (nSPS) is 12.1. The Labute approximate surface area is 188 Å². The SMILES string of the molecule is CCOC(=O)C[C@H](NC(=O)c1cc2c(=O)n3cccc(C)c3nc2s1)c1ccc(C)cc1. The fourth-order valence-electron chi connectivity index (χ4n) is 3.54. The quantitative estimate of drug-likeness (QED) is 0.450. The van der Waals surface area contributed by atoms with E-state index in [2.05, 4.69) is 10.3 Å². The number of rotatable bonds is 6. The monoisotopic (exact) mass is 449 g/mol. The average molecular weight is 450 g/mol. The molecule has 0 saturated carbocycles. The zero-order chi connectivity index (χ0) is 22.8. The molecule has 1 amide bonds. The molecule has 4 rings (SSSR count). The van der Waals surface area contributed by atoms with Gasteiger partial charge in [-0.15, -0.1) is 11.3 Å². The van der Waals surface area contributed by atoms with E-state index in [1.807, 2.05) is 44.2 Å². The molecule has 164 valence electrons. The van der Waals surface area contributed by atoms with Gasteiger partial charge in [0.05, 0.1) is 29.3 Å². The summed E-state index contributed by atoms with van der Waals surface area (Å²) in [4.78, 5) is 43.6. The molecular formula is C24H23N3O4S. The van der Waals surface area contributed by atoms with Crippen molar-refractivity contribution in [3.63, 3.8) is 0 Å². The molecule has 0 aliphatic heterocycles. The maximum Gasteiger partial charge on any atom is 0.308 e. The van der Waals surface area contributed by atoms with Crippen molar-refractivity contribution < 1.29 is 14.3 Å². The molecule has 0 bridgehead atoms. The second-order valence-corrected chi connectivity index (χ2v) is 8.61. The number of carbonyl (C=O) groups is 2. The van der Waals surface area contributed by atoms with E-state index >= 15 is 0 Å². The van der Waals surface area contributed by atoms with Gasteiger partial charge in [0.2, 0.25) is 0 Å². The molecule has 0 saturated heterocycles. The van der Waals surface area contributed by atoms with E-state index in [0.29, 0.717) is 20.7 Å². The molecule has 4 aromatic rings. The van der Waals surface area contributed by atoms with Crippen molar-refractivity contribution in [2.75, 3.05) is 6.61 Å². The lowest BCUT2D eigenvalue weighted by Crippen LogP contribution is -2.30. The molecule has 8 heteroatoms. The minimum atomic E-state index is -0.553. The van der Waals surface area contributed by atoms with Gasteiger partial charge in [0.1, 0.15) is 10.5 Å².